The number of benzene rings is 2. The number of aryl methyl sites for hydroxylation is 1. The Morgan fingerprint density at radius 3 is 2.37 bits per heavy atom. The smallest absolute Gasteiger partial charge is 0.279 e. The molecule has 3 rings (SSSR count). The quantitative estimate of drug-likeness (QED) is 0.603. The number of quaternary nitrogens is 2. The van der Waals surface area contributed by atoms with E-state index in [-0.39, 0.29) is 17.9 Å². The lowest BCUT2D eigenvalue weighted by Crippen LogP contribution is -3.15. The SMILES string of the molecule is Cc1ccc(NC(=O)C[NH+]2CCN(C(=O)C[NH2+][C@@H](C)c3ccc(Cl)cc3)CC2)cc1. The molecule has 2 aromatic rings. The number of nitrogens with two attached hydrogens (primary N) is 1. The van der Waals surface area contributed by atoms with Crippen molar-refractivity contribution in [3.05, 3.63) is 64.7 Å². The van der Waals surface area contributed by atoms with E-state index in [9.17, 15) is 9.59 Å². The van der Waals surface area contributed by atoms with Gasteiger partial charge in [0.05, 0.1) is 26.2 Å². The Balaban J connectivity index is 1.38. The molecule has 0 spiro atoms. The van der Waals surface area contributed by atoms with Crippen LogP contribution in [0.3, 0.4) is 0 Å². The van der Waals surface area contributed by atoms with E-state index in [0.29, 0.717) is 26.2 Å². The third-order valence-corrected chi connectivity index (χ3v) is 5.86. The Bertz CT molecular complexity index is 847. The fourth-order valence-corrected chi connectivity index (χ4v) is 3.75. The number of rotatable bonds is 7. The zero-order valence-corrected chi connectivity index (χ0v) is 18.4. The maximum atomic E-state index is 12.6. The molecule has 1 fully saturated rings. The summed E-state index contributed by atoms with van der Waals surface area (Å²) < 4.78 is 0. The van der Waals surface area contributed by atoms with Gasteiger partial charge in [-0.05, 0) is 38.1 Å². The van der Waals surface area contributed by atoms with Crippen LogP contribution < -0.4 is 15.5 Å². The van der Waals surface area contributed by atoms with Gasteiger partial charge in [-0.1, -0.05) is 41.4 Å². The molecule has 1 saturated heterocycles. The first-order valence-corrected chi connectivity index (χ1v) is 10.8. The van der Waals surface area contributed by atoms with Crippen LogP contribution in [0.5, 0.6) is 0 Å². The van der Waals surface area contributed by atoms with E-state index < -0.39 is 0 Å². The number of carbonyl (C=O) groups excluding carboxylic acids is 2. The normalized spacial score (nSPS) is 15.6. The van der Waals surface area contributed by atoms with Crippen LogP contribution in [0.15, 0.2) is 48.5 Å². The second-order valence-corrected chi connectivity index (χ2v) is 8.44. The molecule has 0 radical (unpaired) electrons. The van der Waals surface area contributed by atoms with Crippen molar-refractivity contribution in [2.24, 2.45) is 0 Å². The van der Waals surface area contributed by atoms with Gasteiger partial charge in [0.2, 0.25) is 0 Å². The zero-order valence-electron chi connectivity index (χ0n) is 17.7. The molecule has 1 heterocycles. The number of hydrogen-bond acceptors (Lipinski definition) is 2. The molecular weight excluding hydrogens is 400 g/mol. The third kappa shape index (κ3) is 6.55. The van der Waals surface area contributed by atoms with Gasteiger partial charge in [-0.2, -0.15) is 0 Å². The third-order valence-electron chi connectivity index (χ3n) is 5.61. The molecule has 1 atom stereocenters. The maximum Gasteiger partial charge on any atom is 0.279 e. The molecule has 4 N–H and O–H groups in total. The number of amides is 2. The van der Waals surface area contributed by atoms with Crippen molar-refractivity contribution in [2.45, 2.75) is 19.9 Å². The van der Waals surface area contributed by atoms with Gasteiger partial charge in [-0.25, -0.2) is 0 Å². The fourth-order valence-electron chi connectivity index (χ4n) is 3.63. The minimum atomic E-state index is 0.0127. The Hall–Kier alpha value is -2.41. The molecule has 6 nitrogen and oxygen atoms in total. The van der Waals surface area contributed by atoms with E-state index in [2.05, 4.69) is 17.6 Å². The highest BCUT2D eigenvalue weighted by Gasteiger charge is 2.26. The van der Waals surface area contributed by atoms with Crippen molar-refractivity contribution in [3.8, 4) is 0 Å². The molecule has 0 unspecified atom stereocenters. The van der Waals surface area contributed by atoms with E-state index in [1.165, 1.54) is 10.5 Å². The zero-order chi connectivity index (χ0) is 21.5. The van der Waals surface area contributed by atoms with E-state index in [0.717, 1.165) is 29.4 Å². The molecule has 7 heteroatoms. The van der Waals surface area contributed by atoms with Gasteiger partial charge in [-0.15, -0.1) is 0 Å². The lowest BCUT2D eigenvalue weighted by molar-refractivity contribution is -0.895. The number of hydrogen-bond donors (Lipinski definition) is 3. The van der Waals surface area contributed by atoms with Gasteiger partial charge >= 0.3 is 0 Å². The Morgan fingerprint density at radius 1 is 1.10 bits per heavy atom. The Morgan fingerprint density at radius 2 is 1.73 bits per heavy atom. The van der Waals surface area contributed by atoms with Gasteiger partial charge in [0.15, 0.2) is 13.1 Å². The van der Waals surface area contributed by atoms with E-state index in [4.69, 9.17) is 11.6 Å². The van der Waals surface area contributed by atoms with Crippen molar-refractivity contribution in [1.82, 2.24) is 4.90 Å². The summed E-state index contributed by atoms with van der Waals surface area (Å²) in [6.45, 7) is 7.92. The summed E-state index contributed by atoms with van der Waals surface area (Å²) >= 11 is 5.94. The number of piperazine rings is 1. The maximum absolute atomic E-state index is 12.6. The van der Waals surface area contributed by atoms with Crippen LogP contribution in [-0.2, 0) is 9.59 Å². The van der Waals surface area contributed by atoms with E-state index in [1.807, 2.05) is 60.4 Å². The lowest BCUT2D eigenvalue weighted by Gasteiger charge is -2.31. The van der Waals surface area contributed by atoms with E-state index in [1.54, 1.807) is 0 Å². The number of nitrogens with zero attached hydrogens (tertiary/aromatic N) is 1. The first-order valence-electron chi connectivity index (χ1n) is 10.5. The molecule has 2 aromatic carbocycles. The highest BCUT2D eigenvalue weighted by atomic mass is 35.5. The van der Waals surface area contributed by atoms with Crippen molar-refractivity contribution < 1.29 is 19.8 Å². The fraction of sp³-hybridized carbons (Fsp3) is 0.391. The molecule has 0 saturated carbocycles. The summed E-state index contributed by atoms with van der Waals surface area (Å²) in [7, 11) is 0. The van der Waals surface area contributed by atoms with E-state index >= 15 is 0 Å². The molecule has 2 amide bonds. The largest absolute Gasteiger partial charge is 0.333 e. The van der Waals surface area contributed by atoms with Crippen molar-refractivity contribution in [3.63, 3.8) is 0 Å². The van der Waals surface area contributed by atoms with Crippen LogP contribution in [0, 0.1) is 6.92 Å². The molecule has 0 bridgehead atoms. The number of nitrogens with one attached hydrogen (secondary N) is 2. The average molecular weight is 431 g/mol. The van der Waals surface area contributed by atoms with Crippen LogP contribution in [0.25, 0.3) is 0 Å². The summed E-state index contributed by atoms with van der Waals surface area (Å²) in [5, 5.41) is 5.72. The lowest BCUT2D eigenvalue weighted by atomic mass is 10.1. The highest BCUT2D eigenvalue weighted by molar-refractivity contribution is 6.30. The molecule has 0 aliphatic carbocycles. The number of carbonyl (C=O) groups is 2. The average Bonchev–Trinajstić information content (AvgIpc) is 2.74. The van der Waals surface area contributed by atoms with Crippen LogP contribution in [0.1, 0.15) is 24.1 Å². The topological polar surface area (TPSA) is 70.5 Å². The van der Waals surface area contributed by atoms with Gasteiger partial charge in [0.1, 0.15) is 6.04 Å². The Kier molecular flexibility index (Phi) is 7.85. The summed E-state index contributed by atoms with van der Waals surface area (Å²) in [5.74, 6) is 0.165. The molecule has 30 heavy (non-hydrogen) atoms. The molecule has 1 aliphatic heterocycles. The minimum absolute atomic E-state index is 0.0127. The molecule has 1 aliphatic rings. The second-order valence-electron chi connectivity index (χ2n) is 8.00. The van der Waals surface area contributed by atoms with Crippen LogP contribution in [0.2, 0.25) is 5.02 Å². The van der Waals surface area contributed by atoms with Crippen molar-refractivity contribution >= 4 is 29.1 Å². The van der Waals surface area contributed by atoms with Crippen LogP contribution in [-0.4, -0.2) is 56.0 Å². The summed E-state index contributed by atoms with van der Waals surface area (Å²) in [6.07, 6.45) is 0. The standard InChI is InChI=1S/C23H29ClN4O2/c1-17-3-9-21(10-4-17)26-22(29)16-27-11-13-28(14-12-27)23(30)15-25-18(2)19-5-7-20(24)8-6-19/h3-10,18,25H,11-16H2,1-2H3,(H,26,29)/p+2/t18-/m0/s1. The Labute approximate surface area is 183 Å². The molecule has 0 aromatic heterocycles. The highest BCUT2D eigenvalue weighted by Crippen LogP contribution is 2.13. The number of anilines is 1. The summed E-state index contributed by atoms with van der Waals surface area (Å²) in [4.78, 5) is 28.0. The van der Waals surface area contributed by atoms with Crippen molar-refractivity contribution in [2.75, 3.05) is 44.6 Å². The second kappa shape index (κ2) is 10.6. The van der Waals surface area contributed by atoms with Gasteiger partial charge < -0.3 is 20.4 Å². The predicted molar refractivity (Wildman–Crippen MR) is 119 cm³/mol. The van der Waals surface area contributed by atoms with Gasteiger partial charge in [0.25, 0.3) is 11.8 Å². The van der Waals surface area contributed by atoms with Crippen LogP contribution in [0.4, 0.5) is 5.69 Å². The molecule has 160 valence electrons. The van der Waals surface area contributed by atoms with Gasteiger partial charge in [0, 0.05) is 16.3 Å². The summed E-state index contributed by atoms with van der Waals surface area (Å²) in [5.41, 5.74) is 3.14. The first-order chi connectivity index (χ1) is 14.4. The number of halogens is 1. The summed E-state index contributed by atoms with van der Waals surface area (Å²) in [6, 6.07) is 15.7. The first kappa shape index (κ1) is 22.3. The van der Waals surface area contributed by atoms with Crippen LogP contribution >= 0.6 is 11.6 Å². The van der Waals surface area contributed by atoms with Crippen molar-refractivity contribution in [1.29, 1.82) is 0 Å². The monoisotopic (exact) mass is 430 g/mol. The molecular formula is C23H31ClN4O2+2. The predicted octanol–water partition coefficient (Wildman–Crippen LogP) is 0.639. The minimum Gasteiger partial charge on any atom is -0.333 e. The van der Waals surface area contributed by atoms with Gasteiger partial charge in [-0.3, -0.25) is 9.59 Å².